The molecule has 6 bridgehead atoms. The maximum absolute atomic E-state index is 5.12. The summed E-state index contributed by atoms with van der Waals surface area (Å²) >= 11 is 0. The van der Waals surface area contributed by atoms with Crippen LogP contribution in [-0.2, 0) is 25.9 Å². The third-order valence-corrected chi connectivity index (χ3v) is 8.39. The first-order valence-corrected chi connectivity index (χ1v) is 18.4. The van der Waals surface area contributed by atoms with E-state index in [1.165, 1.54) is 0 Å². The summed E-state index contributed by atoms with van der Waals surface area (Å²) in [5, 5.41) is 0.994. The van der Waals surface area contributed by atoms with E-state index in [2.05, 4.69) is 70.6 Å². The van der Waals surface area contributed by atoms with Crippen LogP contribution in [0.2, 0.25) is 0 Å². The topological polar surface area (TPSA) is 92.7 Å². The number of pyridine rings is 3. The molecule has 0 saturated carbocycles. The van der Waals surface area contributed by atoms with Crippen molar-refractivity contribution in [2.24, 2.45) is 0 Å². The monoisotopic (exact) mass is 777 g/mol. The van der Waals surface area contributed by atoms with Gasteiger partial charge in [0, 0.05) is 35.3 Å². The van der Waals surface area contributed by atoms with Gasteiger partial charge in [0.25, 0.3) is 0 Å². The smallest absolute Gasteiger partial charge is 0.657 e. The Morgan fingerprint density at radius 2 is 0.964 bits per heavy atom. The van der Waals surface area contributed by atoms with Crippen LogP contribution in [0.5, 0.6) is 0 Å². The van der Waals surface area contributed by atoms with E-state index in [0.717, 1.165) is 36.9 Å². The number of hydrogen-bond acceptors (Lipinski definition) is 5. The molecular formula is C48H39N7Zn. The first kappa shape index (κ1) is 40.5. The SMILES string of the molecule is C=c1[n-]c(=C)c(CCCCC)c2nc(c(C#Cc3ccccn3)c3ccc([n-]3)c(C#Cc3ccccn3)c3nc(c1C#Cc1ccccn1)C=C3)C=C2.CC.[Zn+2]. The van der Waals surface area contributed by atoms with Gasteiger partial charge in [-0.3, -0.25) is 0 Å². The molecule has 7 nitrogen and oxygen atoms in total. The molecule has 7 rings (SSSR count). The molecule has 0 spiro atoms. The molecule has 8 heteroatoms. The van der Waals surface area contributed by atoms with Crippen molar-refractivity contribution in [1.82, 2.24) is 34.9 Å². The van der Waals surface area contributed by atoms with Gasteiger partial charge in [0.05, 0.1) is 22.8 Å². The molecule has 0 N–H and O–H groups in total. The van der Waals surface area contributed by atoms with Gasteiger partial charge in [-0.05, 0) is 96.9 Å². The molecule has 2 aliphatic heterocycles. The average molecular weight is 779 g/mol. The minimum atomic E-state index is 0. The first-order chi connectivity index (χ1) is 27.1. The van der Waals surface area contributed by atoms with Crippen LogP contribution in [0.25, 0.3) is 48.5 Å². The zero-order valence-corrected chi connectivity index (χ0v) is 34.9. The Hall–Kier alpha value is -6.65. The van der Waals surface area contributed by atoms with Crippen LogP contribution < -0.4 is 20.7 Å². The molecule has 268 valence electrons. The van der Waals surface area contributed by atoms with Gasteiger partial charge in [0.15, 0.2) is 0 Å². The Balaban J connectivity index is 0.00000197. The van der Waals surface area contributed by atoms with E-state index in [1.54, 1.807) is 18.6 Å². The largest absolute Gasteiger partial charge is 2.00 e. The van der Waals surface area contributed by atoms with Crippen molar-refractivity contribution in [2.75, 3.05) is 0 Å². The Morgan fingerprint density at radius 1 is 0.518 bits per heavy atom. The predicted octanol–water partition coefficient (Wildman–Crippen LogP) is 7.28. The molecule has 5 aromatic heterocycles. The van der Waals surface area contributed by atoms with Crippen LogP contribution in [0.3, 0.4) is 0 Å². The molecule has 0 amide bonds. The Kier molecular flexibility index (Phi) is 14.6. The summed E-state index contributed by atoms with van der Waals surface area (Å²) in [5.74, 6) is 19.5. The number of aromatic nitrogens is 7. The Labute approximate surface area is 341 Å². The van der Waals surface area contributed by atoms with E-state index >= 15 is 0 Å². The van der Waals surface area contributed by atoms with Crippen LogP contribution in [0.15, 0.2) is 85.3 Å². The molecule has 0 aliphatic carbocycles. The maximum Gasteiger partial charge on any atom is 2.00 e. The van der Waals surface area contributed by atoms with Crippen molar-refractivity contribution in [2.45, 2.75) is 46.5 Å². The molecule has 56 heavy (non-hydrogen) atoms. The first-order valence-electron chi connectivity index (χ1n) is 18.4. The van der Waals surface area contributed by atoms with Crippen molar-refractivity contribution in [3.8, 4) is 35.5 Å². The van der Waals surface area contributed by atoms with E-state index < -0.39 is 0 Å². The molecule has 7 heterocycles. The Morgan fingerprint density at radius 3 is 1.43 bits per heavy atom. The van der Waals surface area contributed by atoms with E-state index in [1.807, 2.05) is 105 Å². The summed E-state index contributed by atoms with van der Waals surface area (Å²) in [6.07, 6.45) is 16.8. The van der Waals surface area contributed by atoms with Crippen LogP contribution in [0, 0.1) is 35.5 Å². The third-order valence-electron chi connectivity index (χ3n) is 8.39. The summed E-state index contributed by atoms with van der Waals surface area (Å²) in [4.78, 5) is 33.4. The molecule has 0 saturated heterocycles. The fourth-order valence-corrected chi connectivity index (χ4v) is 5.70. The molecule has 0 unspecified atom stereocenters. The summed E-state index contributed by atoms with van der Waals surface area (Å²) in [5.41, 5.74) is 8.59. The third kappa shape index (κ3) is 10.1. The molecule has 0 radical (unpaired) electrons. The fourth-order valence-electron chi connectivity index (χ4n) is 5.70. The molecular weight excluding hydrogens is 740 g/mol. The van der Waals surface area contributed by atoms with Gasteiger partial charge >= 0.3 is 19.5 Å². The fraction of sp³-hybridized carbons (Fsp3) is 0.146. The van der Waals surface area contributed by atoms with Gasteiger partial charge in [-0.15, -0.1) is 34.9 Å². The second-order valence-electron chi connectivity index (χ2n) is 12.1. The van der Waals surface area contributed by atoms with Crippen molar-refractivity contribution in [3.63, 3.8) is 0 Å². The summed E-state index contributed by atoms with van der Waals surface area (Å²) in [6, 6.07) is 20.7. The van der Waals surface area contributed by atoms with Crippen molar-refractivity contribution < 1.29 is 19.5 Å². The van der Waals surface area contributed by atoms with Gasteiger partial charge in [0.2, 0.25) is 0 Å². The molecule has 0 aromatic carbocycles. The number of rotatable bonds is 4. The molecule has 0 fully saturated rings. The van der Waals surface area contributed by atoms with Crippen LogP contribution in [-0.4, -0.2) is 24.9 Å². The second kappa shape index (κ2) is 20.2. The summed E-state index contributed by atoms with van der Waals surface area (Å²) in [6.45, 7) is 15.0. The maximum atomic E-state index is 5.12. The number of hydrogen-bond donors (Lipinski definition) is 0. The van der Waals surface area contributed by atoms with E-state index in [9.17, 15) is 0 Å². The quantitative estimate of drug-likeness (QED) is 0.105. The second-order valence-corrected chi connectivity index (χ2v) is 12.1. The number of nitrogens with zero attached hydrogens (tertiary/aromatic N) is 7. The minimum absolute atomic E-state index is 0. The standard InChI is InChI=1S/C46H33N7.C2H6.Zn/c1-4-5-6-16-37-32(2)50-33(3)38(20-17-34-13-7-10-29-47-34)42-24-26-44(52-42)40(22-19-36-15-9-12-31-49-36)46-28-27-45(53-46)39(43-25-23-41(37)51-43)21-18-35-14-8-11-30-48-35;1-2;/h7-15,23-31H,2-6,16H2,1H3;1-2H3;/q-2;;+2. The predicted molar refractivity (Wildman–Crippen MR) is 224 cm³/mol. The average Bonchev–Trinajstić information content (AvgIpc) is 4.02. The van der Waals surface area contributed by atoms with E-state index in [0.29, 0.717) is 72.6 Å². The van der Waals surface area contributed by atoms with Crippen LogP contribution in [0.4, 0.5) is 0 Å². The number of fused-ring (bicyclic) bond motifs is 6. The number of unbranched alkanes of at least 4 members (excludes halogenated alkanes) is 2. The van der Waals surface area contributed by atoms with Gasteiger partial charge in [-0.25, -0.2) is 24.9 Å². The van der Waals surface area contributed by atoms with E-state index in [-0.39, 0.29) is 19.5 Å². The normalized spacial score (nSPS) is 10.5. The van der Waals surface area contributed by atoms with Gasteiger partial charge in [-0.2, -0.15) is 0 Å². The van der Waals surface area contributed by atoms with E-state index in [4.69, 9.17) is 19.9 Å². The van der Waals surface area contributed by atoms with Crippen LogP contribution >= 0.6 is 0 Å². The van der Waals surface area contributed by atoms with Crippen molar-refractivity contribution in [1.29, 1.82) is 0 Å². The molecule has 5 aromatic rings. The van der Waals surface area contributed by atoms with Crippen molar-refractivity contribution >= 4 is 48.5 Å². The molecule has 0 atom stereocenters. The molecule has 2 aliphatic rings. The van der Waals surface area contributed by atoms with Gasteiger partial charge in [0.1, 0.15) is 17.1 Å². The summed E-state index contributed by atoms with van der Waals surface area (Å²) in [7, 11) is 0. The zero-order valence-electron chi connectivity index (χ0n) is 32.0. The minimum Gasteiger partial charge on any atom is -0.657 e. The Bertz CT molecular complexity index is 2730. The summed E-state index contributed by atoms with van der Waals surface area (Å²) < 4.78 is 0. The van der Waals surface area contributed by atoms with Crippen molar-refractivity contribution in [3.05, 3.63) is 158 Å². The van der Waals surface area contributed by atoms with Crippen LogP contribution in [0.1, 0.15) is 102 Å². The van der Waals surface area contributed by atoms with Gasteiger partial charge < -0.3 is 9.97 Å². The zero-order chi connectivity index (χ0) is 38.4. The van der Waals surface area contributed by atoms with Gasteiger partial charge in [-0.1, -0.05) is 81.7 Å².